The summed E-state index contributed by atoms with van der Waals surface area (Å²) >= 11 is 1.41. The van der Waals surface area contributed by atoms with Gasteiger partial charge >= 0.3 is 0 Å². The molecule has 0 amide bonds. The molecule has 0 N–H and O–H groups in total. The van der Waals surface area contributed by atoms with E-state index in [1.54, 1.807) is 7.11 Å². The lowest BCUT2D eigenvalue weighted by atomic mass is 10.2. The number of thioether (sulfide) groups is 1. The van der Waals surface area contributed by atoms with E-state index in [2.05, 4.69) is 21.7 Å². The largest absolute Gasteiger partial charge is 0.383 e. The van der Waals surface area contributed by atoms with Crippen LogP contribution in [0, 0.1) is 13.8 Å². The third-order valence-corrected chi connectivity index (χ3v) is 5.85. The molecule has 0 fully saturated rings. The standard InChI is InChI=1S/C21H26N4O2S/c1-14-11-18(16(3)25(14)15(2)12-27-5)19(26)13-28-21-23-22-20(24(21)4)17-9-7-6-8-10-17/h6-11,15H,12-13H2,1-5H3/t15-/m1/s1. The van der Waals surface area contributed by atoms with Gasteiger partial charge in [0.15, 0.2) is 16.8 Å². The molecule has 3 rings (SSSR count). The predicted molar refractivity (Wildman–Crippen MR) is 112 cm³/mol. The van der Waals surface area contributed by atoms with Crippen LogP contribution in [0.5, 0.6) is 0 Å². The lowest BCUT2D eigenvalue weighted by molar-refractivity contribution is 0.102. The molecule has 0 aliphatic heterocycles. The third-order valence-electron chi connectivity index (χ3n) is 4.83. The maximum atomic E-state index is 12.9. The van der Waals surface area contributed by atoms with Crippen LogP contribution >= 0.6 is 11.8 Å². The van der Waals surface area contributed by atoms with Crippen molar-refractivity contribution in [2.24, 2.45) is 7.05 Å². The lowest BCUT2D eigenvalue weighted by Gasteiger charge is -2.17. The van der Waals surface area contributed by atoms with Crippen LogP contribution in [0.2, 0.25) is 0 Å². The van der Waals surface area contributed by atoms with E-state index in [-0.39, 0.29) is 11.8 Å². The number of Topliss-reactive ketones (excluding diaryl/α,β-unsaturated/α-hetero) is 1. The lowest BCUT2D eigenvalue weighted by Crippen LogP contribution is -2.14. The second kappa shape index (κ2) is 8.75. The summed E-state index contributed by atoms with van der Waals surface area (Å²) in [5.41, 5.74) is 3.82. The molecule has 1 atom stereocenters. The Kier molecular flexibility index (Phi) is 6.36. The molecule has 0 saturated heterocycles. The number of ketones is 1. The van der Waals surface area contributed by atoms with Crippen molar-refractivity contribution < 1.29 is 9.53 Å². The van der Waals surface area contributed by atoms with Crippen molar-refractivity contribution >= 4 is 17.5 Å². The number of aromatic nitrogens is 4. The van der Waals surface area contributed by atoms with Crippen molar-refractivity contribution in [2.45, 2.75) is 32.0 Å². The van der Waals surface area contributed by atoms with E-state index in [4.69, 9.17) is 4.74 Å². The molecule has 3 aromatic rings. The highest BCUT2D eigenvalue weighted by atomic mass is 32.2. The van der Waals surface area contributed by atoms with Gasteiger partial charge in [-0.1, -0.05) is 42.1 Å². The van der Waals surface area contributed by atoms with Crippen molar-refractivity contribution in [1.29, 1.82) is 0 Å². The summed E-state index contributed by atoms with van der Waals surface area (Å²) in [7, 11) is 3.62. The Labute approximate surface area is 169 Å². The Balaban J connectivity index is 1.73. The summed E-state index contributed by atoms with van der Waals surface area (Å²) < 4.78 is 9.36. The second-order valence-electron chi connectivity index (χ2n) is 6.90. The van der Waals surface area contributed by atoms with Crippen molar-refractivity contribution in [3.63, 3.8) is 0 Å². The first-order valence-corrected chi connectivity index (χ1v) is 10.2. The first kappa shape index (κ1) is 20.4. The molecule has 0 aliphatic rings. The van der Waals surface area contributed by atoms with Crippen LogP contribution in [0.1, 0.15) is 34.7 Å². The summed E-state index contributed by atoms with van der Waals surface area (Å²) in [4.78, 5) is 12.9. The van der Waals surface area contributed by atoms with Gasteiger partial charge in [-0.2, -0.15) is 0 Å². The van der Waals surface area contributed by atoms with Crippen LogP contribution in [-0.4, -0.2) is 44.6 Å². The minimum absolute atomic E-state index is 0.0956. The Morgan fingerprint density at radius 2 is 1.93 bits per heavy atom. The Morgan fingerprint density at radius 1 is 1.21 bits per heavy atom. The number of carbonyl (C=O) groups is 1. The quantitative estimate of drug-likeness (QED) is 0.423. The monoisotopic (exact) mass is 398 g/mol. The minimum Gasteiger partial charge on any atom is -0.383 e. The number of carbonyl (C=O) groups excluding carboxylic acids is 1. The minimum atomic E-state index is 0.0956. The fourth-order valence-electron chi connectivity index (χ4n) is 3.54. The summed E-state index contributed by atoms with van der Waals surface area (Å²) in [5, 5.41) is 9.27. The van der Waals surface area contributed by atoms with E-state index in [9.17, 15) is 4.79 Å². The van der Waals surface area contributed by atoms with Gasteiger partial charge < -0.3 is 13.9 Å². The molecule has 0 spiro atoms. The van der Waals surface area contributed by atoms with E-state index in [1.807, 2.05) is 61.9 Å². The van der Waals surface area contributed by atoms with E-state index >= 15 is 0 Å². The van der Waals surface area contributed by atoms with Gasteiger partial charge in [0.05, 0.1) is 18.4 Å². The SMILES string of the molecule is COC[C@@H](C)n1c(C)cc(C(=O)CSc2nnc(-c3ccccc3)n2C)c1C. The van der Waals surface area contributed by atoms with Crippen LogP contribution in [0.15, 0.2) is 41.6 Å². The van der Waals surface area contributed by atoms with Gasteiger partial charge in [-0.05, 0) is 26.8 Å². The van der Waals surface area contributed by atoms with Gasteiger partial charge in [0.25, 0.3) is 0 Å². The van der Waals surface area contributed by atoms with E-state index in [1.165, 1.54) is 11.8 Å². The highest BCUT2D eigenvalue weighted by Gasteiger charge is 2.20. The number of ether oxygens (including phenoxy) is 1. The molecule has 6 nitrogen and oxygen atoms in total. The number of benzene rings is 1. The topological polar surface area (TPSA) is 61.9 Å². The van der Waals surface area contributed by atoms with Crippen LogP contribution in [0.25, 0.3) is 11.4 Å². The van der Waals surface area contributed by atoms with Crippen LogP contribution in [-0.2, 0) is 11.8 Å². The van der Waals surface area contributed by atoms with Gasteiger partial charge in [-0.3, -0.25) is 4.79 Å². The maximum absolute atomic E-state index is 12.9. The molecule has 2 aromatic heterocycles. The average molecular weight is 399 g/mol. The van der Waals surface area contributed by atoms with Crippen LogP contribution in [0.3, 0.4) is 0 Å². The Hall–Kier alpha value is -2.38. The number of hydrogen-bond donors (Lipinski definition) is 0. The number of aryl methyl sites for hydroxylation is 1. The van der Waals surface area contributed by atoms with E-state index in [0.29, 0.717) is 12.4 Å². The number of nitrogens with zero attached hydrogens (tertiary/aromatic N) is 4. The number of rotatable bonds is 8. The molecule has 0 saturated carbocycles. The molecule has 2 heterocycles. The molecule has 0 aliphatic carbocycles. The number of methoxy groups -OCH3 is 1. The molecule has 0 bridgehead atoms. The Morgan fingerprint density at radius 3 is 2.61 bits per heavy atom. The van der Waals surface area contributed by atoms with Crippen molar-refractivity contribution in [3.05, 3.63) is 53.3 Å². The third kappa shape index (κ3) is 4.05. The van der Waals surface area contributed by atoms with Crippen molar-refractivity contribution in [2.75, 3.05) is 19.5 Å². The molecule has 1 aromatic carbocycles. The normalized spacial score (nSPS) is 12.3. The molecule has 0 radical (unpaired) electrons. The first-order valence-electron chi connectivity index (χ1n) is 9.22. The average Bonchev–Trinajstić information content (AvgIpc) is 3.20. The molecule has 28 heavy (non-hydrogen) atoms. The molecule has 0 unspecified atom stereocenters. The van der Waals surface area contributed by atoms with Gasteiger partial charge in [-0.25, -0.2) is 0 Å². The van der Waals surface area contributed by atoms with Crippen LogP contribution < -0.4 is 0 Å². The van der Waals surface area contributed by atoms with Gasteiger partial charge in [0.2, 0.25) is 0 Å². The van der Waals surface area contributed by atoms with Gasteiger partial charge in [0.1, 0.15) is 0 Å². The molecular formula is C21H26N4O2S. The zero-order valence-corrected chi connectivity index (χ0v) is 17.8. The predicted octanol–water partition coefficient (Wildman–Crippen LogP) is 4.08. The maximum Gasteiger partial charge on any atom is 0.191 e. The second-order valence-corrected chi connectivity index (χ2v) is 7.84. The molecule has 7 heteroatoms. The number of hydrogen-bond acceptors (Lipinski definition) is 5. The van der Waals surface area contributed by atoms with Crippen LogP contribution in [0.4, 0.5) is 0 Å². The first-order chi connectivity index (χ1) is 13.4. The zero-order valence-electron chi connectivity index (χ0n) is 17.0. The van der Waals surface area contributed by atoms with Crippen molar-refractivity contribution in [3.8, 4) is 11.4 Å². The smallest absolute Gasteiger partial charge is 0.191 e. The van der Waals surface area contributed by atoms with E-state index < -0.39 is 0 Å². The van der Waals surface area contributed by atoms with Gasteiger partial charge in [0, 0.05) is 36.7 Å². The van der Waals surface area contributed by atoms with E-state index in [0.717, 1.165) is 33.5 Å². The summed E-state index contributed by atoms with van der Waals surface area (Å²) in [6.07, 6.45) is 0. The van der Waals surface area contributed by atoms with Crippen molar-refractivity contribution in [1.82, 2.24) is 19.3 Å². The fourth-order valence-corrected chi connectivity index (χ4v) is 4.33. The zero-order chi connectivity index (χ0) is 20.3. The summed E-state index contributed by atoms with van der Waals surface area (Å²) in [5.74, 6) is 1.21. The Bertz CT molecular complexity index is 962. The highest BCUT2D eigenvalue weighted by Crippen LogP contribution is 2.25. The summed E-state index contributed by atoms with van der Waals surface area (Å²) in [6.45, 7) is 6.72. The summed E-state index contributed by atoms with van der Waals surface area (Å²) in [6, 6.07) is 12.1. The molecular weight excluding hydrogens is 372 g/mol. The molecule has 148 valence electrons. The fraction of sp³-hybridized carbons (Fsp3) is 0.381. The van der Waals surface area contributed by atoms with Gasteiger partial charge in [-0.15, -0.1) is 10.2 Å². The highest BCUT2D eigenvalue weighted by molar-refractivity contribution is 7.99.